The van der Waals surface area contributed by atoms with Crippen molar-refractivity contribution < 1.29 is 116 Å². The average molecular weight is 754 g/mol. The summed E-state index contributed by atoms with van der Waals surface area (Å²) in [6, 6.07) is 11.5. The van der Waals surface area contributed by atoms with Crippen LogP contribution in [-0.4, -0.2) is 16.6 Å². The number of carbonyl (C=O) groups excluding carboxylic acids is 1. The Morgan fingerprint density at radius 3 is 2.29 bits per heavy atom. The predicted octanol–water partition coefficient (Wildman–Crippen LogP) is -4.00. The summed E-state index contributed by atoms with van der Waals surface area (Å²) in [5.74, 6) is -1.07. The van der Waals surface area contributed by atoms with Gasteiger partial charge in [0.05, 0.1) is 0 Å². The number of carboxylic acid groups (broad SMARTS) is 1. The number of carboxylic acids is 1. The van der Waals surface area contributed by atoms with Crippen LogP contribution in [0.4, 0.5) is 0 Å². The third-order valence-electron chi connectivity index (χ3n) is 4.71. The average Bonchev–Trinajstić information content (AvgIpc) is 2.66. The summed E-state index contributed by atoms with van der Waals surface area (Å²) < 4.78 is 7.48. The second-order valence-corrected chi connectivity index (χ2v) is 10.8. The Balaban J connectivity index is 0.00000160. The summed E-state index contributed by atoms with van der Waals surface area (Å²) >= 11 is 6.60. The van der Waals surface area contributed by atoms with E-state index in [9.17, 15) is 20.1 Å². The summed E-state index contributed by atoms with van der Waals surface area (Å²) in [6.07, 6.45) is 0. The maximum Gasteiger partial charge on any atom is 1.00 e. The van der Waals surface area contributed by atoms with Crippen LogP contribution in [-0.2, 0) is 26.1 Å². The molecule has 11 heteroatoms. The number of hydrogen-bond donors (Lipinski definition) is 1. The van der Waals surface area contributed by atoms with Crippen molar-refractivity contribution in [3.05, 3.63) is 73.7 Å². The van der Waals surface area contributed by atoms with Crippen molar-refractivity contribution in [3.8, 4) is 23.0 Å². The van der Waals surface area contributed by atoms with Gasteiger partial charge in [-0.2, -0.15) is 0 Å². The molecule has 0 saturated heterocycles. The number of aromatic carboxylic acids is 1. The van der Waals surface area contributed by atoms with Crippen LogP contribution in [0.25, 0.3) is 0 Å². The first-order valence-electron chi connectivity index (χ1n) is 8.15. The van der Waals surface area contributed by atoms with E-state index in [-0.39, 0.29) is 108 Å². The van der Waals surface area contributed by atoms with E-state index in [0.717, 1.165) is 0 Å². The smallest absolute Gasteiger partial charge is 1.00 e. The van der Waals surface area contributed by atoms with Gasteiger partial charge in [-0.05, 0) is 0 Å². The van der Waals surface area contributed by atoms with Crippen LogP contribution in [0.5, 0.6) is 23.0 Å². The van der Waals surface area contributed by atoms with Crippen molar-refractivity contribution in [2.24, 2.45) is 0 Å². The number of halogens is 2. The van der Waals surface area contributed by atoms with Crippen molar-refractivity contribution in [1.82, 2.24) is 0 Å². The first-order valence-corrected chi connectivity index (χ1v) is 12.5. The third-order valence-corrected chi connectivity index (χ3v) is 8.44. The predicted molar refractivity (Wildman–Crippen MR) is 104 cm³/mol. The zero-order valence-corrected chi connectivity index (χ0v) is 29.3. The first kappa shape index (κ1) is 29.4. The molecule has 0 fully saturated rings. The van der Waals surface area contributed by atoms with Gasteiger partial charge in [0.25, 0.3) is 0 Å². The van der Waals surface area contributed by atoms with Crippen LogP contribution < -0.4 is 77.1 Å². The van der Waals surface area contributed by atoms with Crippen LogP contribution in [0.3, 0.4) is 0 Å². The molecular formula is C20H11Br2HgNa2O6. The Labute approximate surface area is 255 Å². The number of fused-ring (bicyclic) bond motifs is 2. The normalized spacial score (nSPS) is 13.4. The number of phenolic OH excluding ortho intramolecular Hbond substituents is 1. The Morgan fingerprint density at radius 2 is 1.65 bits per heavy atom. The molecule has 3 aromatic carbocycles. The molecule has 3 aromatic rings. The fourth-order valence-electron chi connectivity index (χ4n) is 3.44. The number of hydrogen-bond acceptors (Lipinski definition) is 5. The van der Waals surface area contributed by atoms with Crippen molar-refractivity contribution in [1.29, 1.82) is 0 Å². The number of rotatable bonds is 2. The number of benzene rings is 3. The molecule has 1 heterocycles. The van der Waals surface area contributed by atoms with E-state index in [4.69, 9.17) is 4.74 Å². The summed E-state index contributed by atoms with van der Waals surface area (Å²) in [6.45, 7) is 0. The van der Waals surface area contributed by atoms with Crippen molar-refractivity contribution >= 4 is 40.9 Å². The van der Waals surface area contributed by atoms with Crippen molar-refractivity contribution in [3.63, 3.8) is 0 Å². The van der Waals surface area contributed by atoms with Gasteiger partial charge in [-0.1, -0.05) is 0 Å². The Hall–Kier alpha value is 0.385. The SMILES string of the molecule is O.O=C([O-])c1ccccc1C1c2cc(Br)c(O)cc2Oc2c1cc(Br)c([O-])[c]2[Hg].[Na+].[Na+]. The minimum Gasteiger partial charge on any atom is 1.00 e. The molecule has 145 valence electrons. The molecule has 0 saturated carbocycles. The maximum absolute atomic E-state index is 12.5. The maximum atomic E-state index is 12.5. The molecule has 1 atom stereocenters. The first-order chi connectivity index (χ1) is 13.3. The number of carbonyl (C=O) groups is 1. The molecule has 0 radical (unpaired) electrons. The minimum atomic E-state index is -1.28. The fourth-order valence-corrected chi connectivity index (χ4v) is 7.11. The standard InChI is InChI=1S/C20H11Br2O5.Hg.2Na.H2O/c21-13-5-11-17(7-15(13)23)27-18-8-16(24)14(22)6-12(18)19(11)9-3-1-2-4-10(9)20(25)26;;;;/h1-7,19,23-24H,(H,25,26);;;;1H2/q;;2*+1;/p-2. The third kappa shape index (κ3) is 5.39. The van der Waals surface area contributed by atoms with E-state index in [1.54, 1.807) is 30.3 Å². The fraction of sp³-hybridized carbons (Fsp3) is 0.0500. The van der Waals surface area contributed by atoms with Gasteiger partial charge in [-0.3, -0.25) is 0 Å². The summed E-state index contributed by atoms with van der Waals surface area (Å²) in [5, 5.41) is 34.3. The van der Waals surface area contributed by atoms with Gasteiger partial charge in [-0.25, -0.2) is 0 Å². The molecule has 0 bridgehead atoms. The molecule has 1 aliphatic heterocycles. The largest absolute Gasteiger partial charge is 1.00 e. The Morgan fingerprint density at radius 1 is 1.03 bits per heavy atom. The van der Waals surface area contributed by atoms with Gasteiger partial charge in [0.1, 0.15) is 0 Å². The monoisotopic (exact) mass is 753 g/mol. The van der Waals surface area contributed by atoms with Crippen LogP contribution >= 0.6 is 31.9 Å². The zero-order valence-electron chi connectivity index (χ0n) is 16.7. The Bertz CT molecular complexity index is 1160. The molecule has 4 rings (SSSR count). The topological polar surface area (TPSA) is 124 Å². The van der Waals surface area contributed by atoms with Crippen LogP contribution in [0.15, 0.2) is 51.4 Å². The molecule has 0 amide bonds. The quantitative estimate of drug-likeness (QED) is 0.209. The van der Waals surface area contributed by atoms with Crippen LogP contribution in [0.2, 0.25) is 0 Å². The summed E-state index contributed by atoms with van der Waals surface area (Å²) in [5.41, 5.74) is 1.99. The van der Waals surface area contributed by atoms with Gasteiger partial charge in [-0.15, -0.1) is 0 Å². The second kappa shape index (κ2) is 11.7. The number of phenols is 1. The molecular weight excluding hydrogens is 743 g/mol. The van der Waals surface area contributed by atoms with Crippen molar-refractivity contribution in [2.75, 3.05) is 0 Å². The van der Waals surface area contributed by atoms with Gasteiger partial charge in [0.15, 0.2) is 0 Å². The Kier molecular flexibility index (Phi) is 11.1. The molecule has 6 nitrogen and oxygen atoms in total. The van der Waals surface area contributed by atoms with E-state index in [2.05, 4.69) is 31.9 Å². The molecule has 0 spiro atoms. The van der Waals surface area contributed by atoms with Gasteiger partial charge < -0.3 is 5.48 Å². The zero-order chi connectivity index (χ0) is 20.2. The molecule has 0 aromatic heterocycles. The van der Waals surface area contributed by atoms with Crippen LogP contribution in [0, 0.1) is 0 Å². The molecule has 1 unspecified atom stereocenters. The summed E-state index contributed by atoms with van der Waals surface area (Å²) in [7, 11) is 0. The molecule has 1 aliphatic rings. The molecule has 31 heavy (non-hydrogen) atoms. The number of aromatic hydroxyl groups is 1. The van der Waals surface area contributed by atoms with E-state index in [0.29, 0.717) is 40.2 Å². The van der Waals surface area contributed by atoms with Gasteiger partial charge >= 0.3 is 254 Å². The summed E-state index contributed by atoms with van der Waals surface area (Å²) in [4.78, 5) is 11.8. The van der Waals surface area contributed by atoms with Crippen LogP contribution in [0.1, 0.15) is 33.0 Å². The van der Waals surface area contributed by atoms with E-state index < -0.39 is 11.9 Å². The van der Waals surface area contributed by atoms with E-state index in [1.165, 1.54) is 12.1 Å². The van der Waals surface area contributed by atoms with Crippen molar-refractivity contribution in [2.45, 2.75) is 5.92 Å². The van der Waals surface area contributed by atoms with E-state index >= 15 is 0 Å². The minimum absolute atomic E-state index is 0. The molecule has 3 N–H and O–H groups in total. The van der Waals surface area contributed by atoms with Gasteiger partial charge in [0.2, 0.25) is 0 Å². The van der Waals surface area contributed by atoms with Gasteiger partial charge in [0, 0.05) is 0 Å². The molecule has 0 aliphatic carbocycles. The second-order valence-electron chi connectivity index (χ2n) is 6.34. The van der Waals surface area contributed by atoms with E-state index in [1.807, 2.05) is 0 Å². The number of ether oxygens (including phenoxy) is 1.